The first-order chi connectivity index (χ1) is 5.72. The van der Waals surface area contributed by atoms with Crippen molar-refractivity contribution in [3.05, 3.63) is 12.2 Å². The second kappa shape index (κ2) is 4.66. The van der Waals surface area contributed by atoms with Crippen LogP contribution < -0.4 is 0 Å². The van der Waals surface area contributed by atoms with Crippen molar-refractivity contribution >= 4 is 0 Å². The van der Waals surface area contributed by atoms with Gasteiger partial charge >= 0.3 is 0 Å². The summed E-state index contributed by atoms with van der Waals surface area (Å²) in [6, 6.07) is 0. The number of rotatable bonds is 3. The molecule has 1 heterocycles. The molecule has 0 aromatic carbocycles. The van der Waals surface area contributed by atoms with E-state index in [1.54, 1.807) is 0 Å². The van der Waals surface area contributed by atoms with Gasteiger partial charge in [-0.3, -0.25) is 0 Å². The zero-order chi connectivity index (χ0) is 8.97. The van der Waals surface area contributed by atoms with Crippen LogP contribution in [0.4, 0.5) is 0 Å². The first kappa shape index (κ1) is 9.79. The standard InChI is InChI=1S/C11H21N/c1-4-12-7-5-11(6-8-12)9-10(2)3/h11H,2,4-9H2,1,3H3. The van der Waals surface area contributed by atoms with Gasteiger partial charge in [0.25, 0.3) is 0 Å². The Balaban J connectivity index is 2.21. The van der Waals surface area contributed by atoms with Crippen LogP contribution in [0.5, 0.6) is 0 Å². The predicted molar refractivity (Wildman–Crippen MR) is 54.3 cm³/mol. The van der Waals surface area contributed by atoms with Gasteiger partial charge in [-0.15, -0.1) is 6.58 Å². The Labute approximate surface area is 76.5 Å². The summed E-state index contributed by atoms with van der Waals surface area (Å²) in [5.41, 5.74) is 1.35. The van der Waals surface area contributed by atoms with Crippen molar-refractivity contribution in [2.24, 2.45) is 5.92 Å². The molecule has 0 radical (unpaired) electrons. The van der Waals surface area contributed by atoms with Crippen LogP contribution in [-0.2, 0) is 0 Å². The van der Waals surface area contributed by atoms with E-state index in [-0.39, 0.29) is 0 Å². The number of hydrogen-bond donors (Lipinski definition) is 0. The normalized spacial score (nSPS) is 21.2. The topological polar surface area (TPSA) is 3.24 Å². The third-order valence-corrected chi connectivity index (χ3v) is 2.79. The Kier molecular flexibility index (Phi) is 3.80. The third-order valence-electron chi connectivity index (χ3n) is 2.79. The molecule has 1 aliphatic heterocycles. The molecule has 0 atom stereocenters. The quantitative estimate of drug-likeness (QED) is 0.584. The molecule has 12 heavy (non-hydrogen) atoms. The maximum absolute atomic E-state index is 3.97. The molecule has 1 heteroatoms. The van der Waals surface area contributed by atoms with Crippen molar-refractivity contribution < 1.29 is 0 Å². The first-order valence-electron chi connectivity index (χ1n) is 5.09. The Morgan fingerprint density at radius 1 is 1.42 bits per heavy atom. The molecule has 0 spiro atoms. The third kappa shape index (κ3) is 2.98. The van der Waals surface area contributed by atoms with E-state index in [4.69, 9.17) is 0 Å². The molecular weight excluding hydrogens is 146 g/mol. The molecule has 0 N–H and O–H groups in total. The van der Waals surface area contributed by atoms with Crippen LogP contribution in [0.3, 0.4) is 0 Å². The van der Waals surface area contributed by atoms with E-state index in [1.165, 1.54) is 44.5 Å². The summed E-state index contributed by atoms with van der Waals surface area (Å²) in [5.74, 6) is 0.922. The van der Waals surface area contributed by atoms with Crippen molar-refractivity contribution in [2.75, 3.05) is 19.6 Å². The van der Waals surface area contributed by atoms with E-state index in [0.29, 0.717) is 0 Å². The van der Waals surface area contributed by atoms with Gasteiger partial charge in [-0.05, 0) is 51.7 Å². The molecular formula is C11H21N. The molecule has 1 saturated heterocycles. The summed E-state index contributed by atoms with van der Waals surface area (Å²) in [6.07, 6.45) is 4.00. The molecule has 1 fully saturated rings. The molecule has 0 bridgehead atoms. The van der Waals surface area contributed by atoms with E-state index in [0.717, 1.165) is 5.92 Å². The summed E-state index contributed by atoms with van der Waals surface area (Å²) >= 11 is 0. The van der Waals surface area contributed by atoms with Crippen LogP contribution in [0.15, 0.2) is 12.2 Å². The summed E-state index contributed by atoms with van der Waals surface area (Å²) < 4.78 is 0. The first-order valence-corrected chi connectivity index (χ1v) is 5.09. The molecule has 0 amide bonds. The number of hydrogen-bond acceptors (Lipinski definition) is 1. The summed E-state index contributed by atoms with van der Waals surface area (Å²) in [7, 11) is 0. The van der Waals surface area contributed by atoms with Gasteiger partial charge < -0.3 is 4.90 Å². The average Bonchev–Trinajstić information content (AvgIpc) is 2.05. The van der Waals surface area contributed by atoms with Crippen LogP contribution in [-0.4, -0.2) is 24.5 Å². The zero-order valence-electron chi connectivity index (χ0n) is 8.47. The maximum atomic E-state index is 3.97. The van der Waals surface area contributed by atoms with Gasteiger partial charge in [-0.1, -0.05) is 12.5 Å². The van der Waals surface area contributed by atoms with Crippen molar-refractivity contribution in [2.45, 2.75) is 33.1 Å². The highest BCUT2D eigenvalue weighted by Crippen LogP contribution is 2.22. The number of piperidine rings is 1. The molecule has 0 aromatic rings. The summed E-state index contributed by atoms with van der Waals surface area (Å²) in [6.45, 7) is 12.2. The van der Waals surface area contributed by atoms with Crippen LogP contribution in [0.2, 0.25) is 0 Å². The van der Waals surface area contributed by atoms with Crippen LogP contribution in [0, 0.1) is 5.92 Å². The largest absolute Gasteiger partial charge is 0.304 e. The smallest absolute Gasteiger partial charge is 0.00161 e. The van der Waals surface area contributed by atoms with Gasteiger partial charge in [0, 0.05) is 0 Å². The fraction of sp³-hybridized carbons (Fsp3) is 0.818. The Hall–Kier alpha value is -0.300. The Morgan fingerprint density at radius 2 is 2.00 bits per heavy atom. The Morgan fingerprint density at radius 3 is 2.42 bits per heavy atom. The highest BCUT2D eigenvalue weighted by molar-refractivity contribution is 4.91. The predicted octanol–water partition coefficient (Wildman–Crippen LogP) is 2.68. The molecule has 0 aliphatic carbocycles. The Bertz CT molecular complexity index is 143. The molecule has 0 unspecified atom stereocenters. The average molecular weight is 167 g/mol. The van der Waals surface area contributed by atoms with Gasteiger partial charge in [-0.25, -0.2) is 0 Å². The lowest BCUT2D eigenvalue weighted by Gasteiger charge is -2.31. The highest BCUT2D eigenvalue weighted by atomic mass is 15.1. The van der Waals surface area contributed by atoms with E-state index in [9.17, 15) is 0 Å². The SMILES string of the molecule is C=C(C)CC1CCN(CC)CC1. The van der Waals surface area contributed by atoms with E-state index in [2.05, 4.69) is 25.3 Å². The second-order valence-corrected chi connectivity index (χ2v) is 4.04. The fourth-order valence-corrected chi connectivity index (χ4v) is 2.00. The lowest BCUT2D eigenvalue weighted by Crippen LogP contribution is -2.33. The summed E-state index contributed by atoms with van der Waals surface area (Å²) in [4.78, 5) is 2.54. The van der Waals surface area contributed by atoms with Crippen LogP contribution in [0.25, 0.3) is 0 Å². The fourth-order valence-electron chi connectivity index (χ4n) is 2.00. The van der Waals surface area contributed by atoms with Gasteiger partial charge in [0.2, 0.25) is 0 Å². The number of likely N-dealkylation sites (tertiary alicyclic amines) is 1. The van der Waals surface area contributed by atoms with E-state index < -0.39 is 0 Å². The van der Waals surface area contributed by atoms with Gasteiger partial charge in [0.15, 0.2) is 0 Å². The highest BCUT2D eigenvalue weighted by Gasteiger charge is 2.17. The van der Waals surface area contributed by atoms with Gasteiger partial charge in [0.05, 0.1) is 0 Å². The molecule has 1 nitrogen and oxygen atoms in total. The van der Waals surface area contributed by atoms with Crippen LogP contribution >= 0.6 is 0 Å². The van der Waals surface area contributed by atoms with Crippen molar-refractivity contribution in [3.63, 3.8) is 0 Å². The second-order valence-electron chi connectivity index (χ2n) is 4.04. The van der Waals surface area contributed by atoms with Gasteiger partial charge in [-0.2, -0.15) is 0 Å². The minimum atomic E-state index is 0.922. The van der Waals surface area contributed by atoms with E-state index in [1.807, 2.05) is 0 Å². The van der Waals surface area contributed by atoms with Crippen LogP contribution in [0.1, 0.15) is 33.1 Å². The summed E-state index contributed by atoms with van der Waals surface area (Å²) in [5, 5.41) is 0. The van der Waals surface area contributed by atoms with E-state index >= 15 is 0 Å². The minimum Gasteiger partial charge on any atom is -0.304 e. The van der Waals surface area contributed by atoms with Crippen molar-refractivity contribution in [3.8, 4) is 0 Å². The molecule has 1 aliphatic rings. The lowest BCUT2D eigenvalue weighted by molar-refractivity contribution is 0.192. The van der Waals surface area contributed by atoms with Gasteiger partial charge in [0.1, 0.15) is 0 Å². The maximum Gasteiger partial charge on any atom is -0.00161 e. The molecule has 0 saturated carbocycles. The van der Waals surface area contributed by atoms with Crippen molar-refractivity contribution in [1.82, 2.24) is 4.90 Å². The lowest BCUT2D eigenvalue weighted by atomic mass is 9.91. The molecule has 0 aromatic heterocycles. The van der Waals surface area contributed by atoms with Crippen molar-refractivity contribution in [1.29, 1.82) is 0 Å². The number of allylic oxidation sites excluding steroid dienone is 1. The monoisotopic (exact) mass is 167 g/mol. The zero-order valence-corrected chi connectivity index (χ0v) is 8.47. The molecule has 1 rings (SSSR count). The number of nitrogens with zero attached hydrogens (tertiary/aromatic N) is 1. The molecule has 70 valence electrons. The minimum absolute atomic E-state index is 0.922.